The lowest BCUT2D eigenvalue weighted by atomic mass is 10.0. The van der Waals surface area contributed by atoms with Crippen LogP contribution < -0.4 is 9.47 Å². The molecule has 4 rings (SSSR count). The lowest BCUT2D eigenvalue weighted by molar-refractivity contribution is -0.141. The van der Waals surface area contributed by atoms with Crippen LogP contribution in [0.2, 0.25) is 0 Å². The molecule has 0 aliphatic carbocycles. The smallest absolute Gasteiger partial charge is 0.433 e. The Kier molecular flexibility index (Phi) is 6.40. The fraction of sp³-hybridized carbons (Fsp3) is 0.208. The zero-order valence-corrected chi connectivity index (χ0v) is 18.0. The van der Waals surface area contributed by atoms with Gasteiger partial charge in [0, 0.05) is 23.6 Å². The Balaban J connectivity index is 1.59. The minimum Gasteiger partial charge on any atom is -0.494 e. The fourth-order valence-electron chi connectivity index (χ4n) is 3.52. The standard InChI is InChI=1S/C24H20F3N3O4/c1-2-33-16-5-3-4-14(10-16)21-18-11-19(23(31)32)30-22(18)15(12-29-21)8-9-34-17-6-7-20(28-13-17)24(25,26)27/h3-7,10-13,30H,2,8-9H2,1H3,(H,31,32). The highest BCUT2D eigenvalue weighted by atomic mass is 19.4. The molecule has 34 heavy (non-hydrogen) atoms. The van der Waals surface area contributed by atoms with Crippen molar-refractivity contribution >= 4 is 16.9 Å². The Morgan fingerprint density at radius 1 is 1.06 bits per heavy atom. The lowest BCUT2D eigenvalue weighted by Crippen LogP contribution is -2.08. The van der Waals surface area contributed by atoms with Crippen molar-refractivity contribution in [3.05, 3.63) is 71.8 Å². The van der Waals surface area contributed by atoms with Crippen LogP contribution in [0.15, 0.2) is 54.9 Å². The number of ether oxygens (including phenoxy) is 2. The van der Waals surface area contributed by atoms with Crippen molar-refractivity contribution in [3.63, 3.8) is 0 Å². The van der Waals surface area contributed by atoms with Crippen LogP contribution in [0.3, 0.4) is 0 Å². The summed E-state index contributed by atoms with van der Waals surface area (Å²) in [6, 6.07) is 10.9. The number of halogens is 3. The van der Waals surface area contributed by atoms with Gasteiger partial charge in [0.05, 0.1) is 30.6 Å². The molecule has 0 aliphatic rings. The summed E-state index contributed by atoms with van der Waals surface area (Å²) in [6.07, 6.45) is -1.54. The largest absolute Gasteiger partial charge is 0.494 e. The molecule has 7 nitrogen and oxygen atoms in total. The number of aromatic carboxylic acids is 1. The summed E-state index contributed by atoms with van der Waals surface area (Å²) in [5.41, 5.74) is 1.68. The third-order valence-electron chi connectivity index (χ3n) is 5.06. The van der Waals surface area contributed by atoms with Crippen molar-refractivity contribution in [2.75, 3.05) is 13.2 Å². The van der Waals surface area contributed by atoms with Gasteiger partial charge in [0.25, 0.3) is 0 Å². The van der Waals surface area contributed by atoms with E-state index in [-0.39, 0.29) is 18.1 Å². The average molecular weight is 471 g/mol. The molecule has 3 aromatic heterocycles. The number of carbonyl (C=O) groups is 1. The predicted molar refractivity (Wildman–Crippen MR) is 118 cm³/mol. The number of rotatable bonds is 8. The Morgan fingerprint density at radius 3 is 2.56 bits per heavy atom. The molecule has 0 saturated carbocycles. The minimum atomic E-state index is -4.52. The van der Waals surface area contributed by atoms with Gasteiger partial charge in [-0.05, 0) is 42.8 Å². The summed E-state index contributed by atoms with van der Waals surface area (Å²) >= 11 is 0. The number of benzene rings is 1. The van der Waals surface area contributed by atoms with Gasteiger partial charge in [-0.3, -0.25) is 4.98 Å². The summed E-state index contributed by atoms with van der Waals surface area (Å²) in [6.45, 7) is 2.52. The molecule has 1 aromatic carbocycles. The van der Waals surface area contributed by atoms with Crippen LogP contribution >= 0.6 is 0 Å². The number of pyridine rings is 2. The van der Waals surface area contributed by atoms with E-state index < -0.39 is 17.8 Å². The van der Waals surface area contributed by atoms with E-state index in [9.17, 15) is 23.1 Å². The van der Waals surface area contributed by atoms with Crippen molar-refractivity contribution in [1.29, 1.82) is 0 Å². The maximum absolute atomic E-state index is 12.7. The zero-order chi connectivity index (χ0) is 24.3. The van der Waals surface area contributed by atoms with Crippen molar-refractivity contribution in [1.82, 2.24) is 15.0 Å². The number of H-pyrrole nitrogens is 1. The number of nitrogens with one attached hydrogen (secondary N) is 1. The molecular weight excluding hydrogens is 451 g/mol. The first kappa shape index (κ1) is 23.1. The van der Waals surface area contributed by atoms with E-state index in [4.69, 9.17) is 9.47 Å². The van der Waals surface area contributed by atoms with Gasteiger partial charge in [0.2, 0.25) is 0 Å². The molecular formula is C24H20F3N3O4. The van der Waals surface area contributed by atoms with E-state index in [2.05, 4.69) is 15.0 Å². The van der Waals surface area contributed by atoms with Gasteiger partial charge in [0.15, 0.2) is 0 Å². The normalized spacial score (nSPS) is 11.5. The molecule has 176 valence electrons. The second-order valence-electron chi connectivity index (χ2n) is 7.35. The molecule has 0 amide bonds. The number of carboxylic acids is 1. The highest BCUT2D eigenvalue weighted by Gasteiger charge is 2.32. The summed E-state index contributed by atoms with van der Waals surface area (Å²) < 4.78 is 49.0. The number of alkyl halides is 3. The minimum absolute atomic E-state index is 0.0133. The second kappa shape index (κ2) is 9.42. The Bertz CT molecular complexity index is 1320. The molecule has 0 saturated heterocycles. The number of carboxylic acid groups (broad SMARTS) is 1. The van der Waals surface area contributed by atoms with Gasteiger partial charge in [-0.1, -0.05) is 12.1 Å². The van der Waals surface area contributed by atoms with Gasteiger partial charge in [-0.15, -0.1) is 0 Å². The van der Waals surface area contributed by atoms with Gasteiger partial charge < -0.3 is 19.6 Å². The van der Waals surface area contributed by atoms with E-state index in [1.54, 1.807) is 6.20 Å². The number of aromatic amines is 1. The Morgan fingerprint density at radius 2 is 1.88 bits per heavy atom. The third kappa shape index (κ3) is 4.95. The van der Waals surface area contributed by atoms with E-state index in [0.29, 0.717) is 40.9 Å². The fourth-order valence-corrected chi connectivity index (χ4v) is 3.52. The van der Waals surface area contributed by atoms with Crippen molar-refractivity contribution in [2.45, 2.75) is 19.5 Å². The molecule has 0 aliphatic heterocycles. The van der Waals surface area contributed by atoms with Gasteiger partial charge in [-0.2, -0.15) is 13.2 Å². The van der Waals surface area contributed by atoms with E-state index in [1.807, 2.05) is 31.2 Å². The molecule has 0 fully saturated rings. The van der Waals surface area contributed by atoms with Gasteiger partial charge in [-0.25, -0.2) is 9.78 Å². The Hall–Kier alpha value is -4.08. The van der Waals surface area contributed by atoms with Crippen LogP contribution in [0, 0.1) is 0 Å². The second-order valence-corrected chi connectivity index (χ2v) is 7.35. The number of nitrogens with zero attached hydrogens (tertiary/aromatic N) is 2. The average Bonchev–Trinajstić information content (AvgIpc) is 3.26. The molecule has 0 bridgehead atoms. The zero-order valence-electron chi connectivity index (χ0n) is 18.0. The Labute approximate surface area is 192 Å². The topological polar surface area (TPSA) is 97.3 Å². The third-order valence-corrected chi connectivity index (χ3v) is 5.06. The summed E-state index contributed by atoms with van der Waals surface area (Å²) in [4.78, 5) is 22.4. The lowest BCUT2D eigenvalue weighted by Gasteiger charge is -2.11. The van der Waals surface area contributed by atoms with Crippen LogP contribution in [-0.4, -0.2) is 39.2 Å². The summed E-state index contributed by atoms with van der Waals surface area (Å²) in [5.74, 6) is -0.242. The van der Waals surface area contributed by atoms with Crippen molar-refractivity contribution in [2.24, 2.45) is 0 Å². The molecule has 0 radical (unpaired) electrons. The molecule has 0 spiro atoms. The first-order valence-electron chi connectivity index (χ1n) is 10.4. The van der Waals surface area contributed by atoms with Crippen LogP contribution in [0.4, 0.5) is 13.2 Å². The quantitative estimate of drug-likeness (QED) is 0.359. The van der Waals surface area contributed by atoms with E-state index in [1.165, 1.54) is 12.1 Å². The SMILES string of the molecule is CCOc1cccc(-c2ncc(CCOc3ccc(C(F)(F)F)nc3)c3[nH]c(C(=O)O)cc23)c1. The van der Waals surface area contributed by atoms with E-state index in [0.717, 1.165) is 17.8 Å². The van der Waals surface area contributed by atoms with E-state index >= 15 is 0 Å². The van der Waals surface area contributed by atoms with Crippen molar-refractivity contribution < 1.29 is 32.5 Å². The highest BCUT2D eigenvalue weighted by molar-refractivity contribution is 6.00. The first-order chi connectivity index (χ1) is 16.3. The maximum Gasteiger partial charge on any atom is 0.433 e. The molecule has 10 heteroatoms. The summed E-state index contributed by atoms with van der Waals surface area (Å²) in [5, 5.41) is 10.1. The van der Waals surface area contributed by atoms with Crippen LogP contribution in [0.1, 0.15) is 28.7 Å². The number of hydrogen-bond acceptors (Lipinski definition) is 5. The first-order valence-corrected chi connectivity index (χ1v) is 10.4. The van der Waals surface area contributed by atoms with Gasteiger partial charge >= 0.3 is 12.1 Å². The monoisotopic (exact) mass is 471 g/mol. The van der Waals surface area contributed by atoms with Crippen LogP contribution in [0.5, 0.6) is 11.5 Å². The maximum atomic E-state index is 12.7. The molecule has 0 unspecified atom stereocenters. The molecule has 4 aromatic rings. The van der Waals surface area contributed by atoms with Crippen LogP contribution in [-0.2, 0) is 12.6 Å². The summed E-state index contributed by atoms with van der Waals surface area (Å²) in [7, 11) is 0. The van der Waals surface area contributed by atoms with Crippen molar-refractivity contribution in [3.8, 4) is 22.8 Å². The molecule has 3 heterocycles. The molecule has 0 atom stereocenters. The predicted octanol–water partition coefficient (Wildman–Crippen LogP) is 5.36. The van der Waals surface area contributed by atoms with Gasteiger partial charge in [0.1, 0.15) is 22.9 Å². The highest BCUT2D eigenvalue weighted by Crippen LogP contribution is 2.32. The number of aromatic nitrogens is 3. The molecule has 2 N–H and O–H groups in total. The number of fused-ring (bicyclic) bond motifs is 1. The van der Waals surface area contributed by atoms with Crippen LogP contribution in [0.25, 0.3) is 22.2 Å². The number of hydrogen-bond donors (Lipinski definition) is 2.